The standard InChI is InChI=1S/C8H13N3O2S/c1-7-2-3-11(6-7)14(12,13)8-4-9-10-5-8/h4-5,7H,2-3,6H2,1H3,(H,9,10). The number of nitrogens with zero attached hydrogens (tertiary/aromatic N) is 2. The van der Waals surface area contributed by atoms with Gasteiger partial charge >= 0.3 is 0 Å². The lowest BCUT2D eigenvalue weighted by Crippen LogP contribution is -2.28. The number of nitrogens with one attached hydrogen (secondary N) is 1. The van der Waals surface area contributed by atoms with E-state index in [1.54, 1.807) is 0 Å². The Balaban J connectivity index is 2.26. The summed E-state index contributed by atoms with van der Waals surface area (Å²) in [5.41, 5.74) is 0. The molecule has 0 radical (unpaired) electrons. The minimum absolute atomic E-state index is 0.256. The molecule has 0 amide bonds. The van der Waals surface area contributed by atoms with E-state index >= 15 is 0 Å². The van der Waals surface area contributed by atoms with Crippen LogP contribution in [0.3, 0.4) is 0 Å². The van der Waals surface area contributed by atoms with E-state index in [0.29, 0.717) is 19.0 Å². The Morgan fingerprint density at radius 2 is 2.43 bits per heavy atom. The van der Waals surface area contributed by atoms with Gasteiger partial charge in [-0.15, -0.1) is 0 Å². The summed E-state index contributed by atoms with van der Waals surface area (Å²) < 4.78 is 25.3. The molecule has 1 aliphatic heterocycles. The van der Waals surface area contributed by atoms with Gasteiger partial charge < -0.3 is 0 Å². The SMILES string of the molecule is CC1CCN(S(=O)(=O)c2cn[nH]c2)C1. The van der Waals surface area contributed by atoms with Gasteiger partial charge in [-0.25, -0.2) is 8.42 Å². The van der Waals surface area contributed by atoms with Crippen molar-refractivity contribution >= 4 is 10.0 Å². The molecular formula is C8H13N3O2S. The van der Waals surface area contributed by atoms with Crippen LogP contribution in [0.4, 0.5) is 0 Å². The minimum atomic E-state index is -3.29. The lowest BCUT2D eigenvalue weighted by molar-refractivity contribution is 0.464. The molecule has 1 saturated heterocycles. The van der Waals surface area contributed by atoms with Crippen molar-refractivity contribution in [2.45, 2.75) is 18.2 Å². The lowest BCUT2D eigenvalue weighted by Gasteiger charge is -2.13. The zero-order valence-corrected chi connectivity index (χ0v) is 8.79. The predicted octanol–water partition coefficient (Wildman–Crippen LogP) is 0.440. The second-order valence-corrected chi connectivity index (χ2v) is 5.63. The van der Waals surface area contributed by atoms with Crippen LogP contribution in [0.15, 0.2) is 17.3 Å². The van der Waals surface area contributed by atoms with Crippen LogP contribution in [-0.2, 0) is 10.0 Å². The number of H-pyrrole nitrogens is 1. The van der Waals surface area contributed by atoms with Gasteiger partial charge in [0.25, 0.3) is 0 Å². The first-order valence-corrected chi connectivity index (χ1v) is 6.03. The van der Waals surface area contributed by atoms with Crippen LogP contribution >= 0.6 is 0 Å². The second kappa shape index (κ2) is 3.36. The maximum absolute atomic E-state index is 11.9. The number of hydrogen-bond donors (Lipinski definition) is 1. The molecule has 5 nitrogen and oxygen atoms in total. The first kappa shape index (κ1) is 9.67. The fraction of sp³-hybridized carbons (Fsp3) is 0.625. The van der Waals surface area contributed by atoms with Gasteiger partial charge in [0.05, 0.1) is 6.20 Å². The van der Waals surface area contributed by atoms with Crippen LogP contribution in [0.25, 0.3) is 0 Å². The van der Waals surface area contributed by atoms with Gasteiger partial charge in [-0.2, -0.15) is 9.40 Å². The van der Waals surface area contributed by atoms with Crippen LogP contribution in [0.2, 0.25) is 0 Å². The van der Waals surface area contributed by atoms with E-state index in [9.17, 15) is 8.42 Å². The summed E-state index contributed by atoms with van der Waals surface area (Å²) in [6, 6.07) is 0. The lowest BCUT2D eigenvalue weighted by atomic mass is 10.2. The summed E-state index contributed by atoms with van der Waals surface area (Å²) in [4.78, 5) is 0.256. The van der Waals surface area contributed by atoms with Crippen molar-refractivity contribution in [1.82, 2.24) is 14.5 Å². The van der Waals surface area contributed by atoms with Crippen LogP contribution < -0.4 is 0 Å². The van der Waals surface area contributed by atoms with E-state index < -0.39 is 10.0 Å². The Kier molecular flexibility index (Phi) is 2.32. The van der Waals surface area contributed by atoms with E-state index in [2.05, 4.69) is 17.1 Å². The molecule has 1 N–H and O–H groups in total. The zero-order valence-electron chi connectivity index (χ0n) is 7.97. The van der Waals surface area contributed by atoms with Crippen LogP contribution in [0.5, 0.6) is 0 Å². The van der Waals surface area contributed by atoms with E-state index in [4.69, 9.17) is 0 Å². The molecule has 1 aromatic heterocycles. The molecule has 0 aromatic carbocycles. The van der Waals surface area contributed by atoms with Crippen LogP contribution in [0, 0.1) is 5.92 Å². The molecule has 1 unspecified atom stereocenters. The fourth-order valence-corrected chi connectivity index (χ4v) is 3.12. The van der Waals surface area contributed by atoms with E-state index in [1.165, 1.54) is 16.7 Å². The molecule has 0 bridgehead atoms. The first-order chi connectivity index (χ1) is 6.60. The summed E-state index contributed by atoms with van der Waals surface area (Å²) in [6.07, 6.45) is 3.70. The summed E-state index contributed by atoms with van der Waals surface area (Å²) in [7, 11) is -3.29. The molecule has 2 rings (SSSR count). The molecule has 14 heavy (non-hydrogen) atoms. The molecule has 0 spiro atoms. The summed E-state index contributed by atoms with van der Waals surface area (Å²) in [5.74, 6) is 0.455. The van der Waals surface area contributed by atoms with Gasteiger partial charge in [0, 0.05) is 19.3 Å². The van der Waals surface area contributed by atoms with Gasteiger partial charge in [-0.05, 0) is 12.3 Å². The van der Waals surface area contributed by atoms with Gasteiger partial charge in [0.15, 0.2) is 0 Å². The van der Waals surface area contributed by atoms with E-state index in [-0.39, 0.29) is 4.90 Å². The van der Waals surface area contributed by atoms with Crippen molar-refractivity contribution in [1.29, 1.82) is 0 Å². The van der Waals surface area contributed by atoms with E-state index in [1.807, 2.05) is 0 Å². The highest BCUT2D eigenvalue weighted by atomic mass is 32.2. The van der Waals surface area contributed by atoms with Crippen molar-refractivity contribution in [3.05, 3.63) is 12.4 Å². The average molecular weight is 215 g/mol. The molecular weight excluding hydrogens is 202 g/mol. The Morgan fingerprint density at radius 3 is 2.93 bits per heavy atom. The van der Waals surface area contributed by atoms with Crippen LogP contribution in [0.1, 0.15) is 13.3 Å². The second-order valence-electron chi connectivity index (χ2n) is 3.69. The zero-order chi connectivity index (χ0) is 10.2. The minimum Gasteiger partial charge on any atom is -0.284 e. The Hall–Kier alpha value is -0.880. The molecule has 0 aliphatic carbocycles. The van der Waals surface area contributed by atoms with E-state index in [0.717, 1.165) is 6.42 Å². The molecule has 1 fully saturated rings. The number of rotatable bonds is 2. The van der Waals surface area contributed by atoms with Gasteiger partial charge in [0.2, 0.25) is 10.0 Å². The number of aromatic nitrogens is 2. The summed E-state index contributed by atoms with van der Waals surface area (Å²) >= 11 is 0. The number of sulfonamides is 1. The van der Waals surface area contributed by atoms with Crippen molar-refractivity contribution in [2.24, 2.45) is 5.92 Å². The quantitative estimate of drug-likeness (QED) is 0.778. The summed E-state index contributed by atoms with van der Waals surface area (Å²) in [5, 5.41) is 6.16. The van der Waals surface area contributed by atoms with Crippen LogP contribution in [-0.4, -0.2) is 36.0 Å². The Labute approximate surface area is 83.2 Å². The molecule has 1 aromatic rings. The third-order valence-corrected chi connectivity index (χ3v) is 4.33. The van der Waals surface area contributed by atoms with Crippen molar-refractivity contribution in [3.8, 4) is 0 Å². The number of hydrogen-bond acceptors (Lipinski definition) is 3. The Morgan fingerprint density at radius 1 is 1.64 bits per heavy atom. The molecule has 0 saturated carbocycles. The molecule has 1 aliphatic rings. The van der Waals surface area contributed by atoms with Gasteiger partial charge in [-0.3, -0.25) is 5.10 Å². The van der Waals surface area contributed by atoms with Gasteiger partial charge in [0.1, 0.15) is 4.90 Å². The highest BCUT2D eigenvalue weighted by Gasteiger charge is 2.30. The summed E-state index contributed by atoms with van der Waals surface area (Å²) in [6.45, 7) is 3.30. The monoisotopic (exact) mass is 215 g/mol. The topological polar surface area (TPSA) is 66.1 Å². The maximum atomic E-state index is 11.9. The number of aromatic amines is 1. The molecule has 1 atom stereocenters. The normalized spacial score (nSPS) is 24.2. The average Bonchev–Trinajstić information content (AvgIpc) is 2.72. The highest BCUT2D eigenvalue weighted by Crippen LogP contribution is 2.22. The molecule has 2 heterocycles. The molecule has 78 valence electrons. The smallest absolute Gasteiger partial charge is 0.246 e. The highest BCUT2D eigenvalue weighted by molar-refractivity contribution is 7.89. The Bertz CT molecular complexity index is 398. The molecule has 6 heteroatoms. The third-order valence-electron chi connectivity index (χ3n) is 2.50. The van der Waals surface area contributed by atoms with Crippen molar-refractivity contribution < 1.29 is 8.42 Å². The van der Waals surface area contributed by atoms with Crippen molar-refractivity contribution in [3.63, 3.8) is 0 Å². The third kappa shape index (κ3) is 1.55. The predicted molar refractivity (Wildman–Crippen MR) is 51.1 cm³/mol. The van der Waals surface area contributed by atoms with Gasteiger partial charge in [-0.1, -0.05) is 6.92 Å². The maximum Gasteiger partial charge on any atom is 0.246 e. The fourth-order valence-electron chi connectivity index (χ4n) is 1.64. The first-order valence-electron chi connectivity index (χ1n) is 4.59. The van der Waals surface area contributed by atoms with Crippen molar-refractivity contribution in [2.75, 3.05) is 13.1 Å². The largest absolute Gasteiger partial charge is 0.284 e.